The van der Waals surface area contributed by atoms with E-state index in [1.54, 1.807) is 24.0 Å². The summed E-state index contributed by atoms with van der Waals surface area (Å²) in [5, 5.41) is 4.03. The molecule has 1 heterocycles. The van der Waals surface area contributed by atoms with E-state index in [9.17, 15) is 12.8 Å². The third-order valence-corrected chi connectivity index (χ3v) is 4.60. The molecule has 3 N–H and O–H groups in total. The molecule has 0 saturated heterocycles. The summed E-state index contributed by atoms with van der Waals surface area (Å²) in [5.74, 6) is -1.01. The molecular weight excluding hydrogens is 319 g/mol. The molecule has 1 aromatic carbocycles. The molecule has 0 aliphatic heterocycles. The van der Waals surface area contributed by atoms with E-state index in [0.717, 1.165) is 17.8 Å². The quantitative estimate of drug-likeness (QED) is 0.808. The van der Waals surface area contributed by atoms with Crippen molar-refractivity contribution in [3.63, 3.8) is 0 Å². The number of aryl methyl sites for hydroxylation is 1. The van der Waals surface area contributed by atoms with Gasteiger partial charge >= 0.3 is 0 Å². The van der Waals surface area contributed by atoms with Crippen molar-refractivity contribution in [1.82, 2.24) is 14.5 Å². The first-order valence-electron chi connectivity index (χ1n) is 6.02. The molecule has 0 bridgehead atoms. The Labute approximate surface area is 126 Å². The zero-order valence-corrected chi connectivity index (χ0v) is 12.7. The van der Waals surface area contributed by atoms with Crippen molar-refractivity contribution in [3.8, 4) is 0 Å². The molecule has 0 amide bonds. The smallest absolute Gasteiger partial charge is 0.243 e. The Bertz CT molecular complexity index is 761. The summed E-state index contributed by atoms with van der Waals surface area (Å²) in [6, 6.07) is 3.96. The van der Waals surface area contributed by atoms with Crippen LogP contribution in [0.1, 0.15) is 5.69 Å². The molecule has 0 unspecified atom stereocenters. The molecule has 114 valence electrons. The summed E-state index contributed by atoms with van der Waals surface area (Å²) in [6.45, 7) is 0.105. The average Bonchev–Trinajstić information content (AvgIpc) is 2.79. The predicted molar refractivity (Wildman–Crippen MR) is 77.9 cm³/mol. The molecule has 9 heteroatoms. The number of halogens is 2. The van der Waals surface area contributed by atoms with E-state index in [1.165, 1.54) is 0 Å². The van der Waals surface area contributed by atoms with Crippen LogP contribution in [0.4, 0.5) is 10.1 Å². The van der Waals surface area contributed by atoms with Gasteiger partial charge in [-0.05, 0) is 18.2 Å². The maximum absolute atomic E-state index is 13.8. The molecular formula is C12H14ClFN4O2S. The van der Waals surface area contributed by atoms with Crippen LogP contribution < -0.4 is 10.5 Å². The number of nitrogens with two attached hydrogens (primary N) is 1. The van der Waals surface area contributed by atoms with E-state index in [2.05, 4.69) is 9.82 Å². The lowest BCUT2D eigenvalue weighted by atomic mass is 10.3. The zero-order valence-electron chi connectivity index (χ0n) is 11.2. The highest BCUT2D eigenvalue weighted by Gasteiger charge is 2.21. The Balaban J connectivity index is 2.14. The van der Waals surface area contributed by atoms with Gasteiger partial charge in [0.05, 0.1) is 5.69 Å². The number of hydrogen-bond acceptors (Lipinski definition) is 4. The molecule has 21 heavy (non-hydrogen) atoms. The summed E-state index contributed by atoms with van der Waals surface area (Å²) in [4.78, 5) is -0.558. The van der Waals surface area contributed by atoms with E-state index in [1.807, 2.05) is 0 Å². The fraction of sp³-hybridized carbons (Fsp3) is 0.250. The molecule has 0 fully saturated rings. The topological polar surface area (TPSA) is 90.0 Å². The molecule has 1 aromatic heterocycles. The van der Waals surface area contributed by atoms with Gasteiger partial charge in [0.2, 0.25) is 10.0 Å². The highest BCUT2D eigenvalue weighted by Crippen LogP contribution is 2.25. The summed E-state index contributed by atoms with van der Waals surface area (Å²) < 4.78 is 41.9. The largest absolute Gasteiger partial charge is 0.396 e. The van der Waals surface area contributed by atoms with Crippen LogP contribution in [-0.2, 0) is 23.5 Å². The summed E-state index contributed by atoms with van der Waals surface area (Å²) in [7, 11) is -2.27. The van der Waals surface area contributed by atoms with Crippen molar-refractivity contribution in [3.05, 3.63) is 40.9 Å². The van der Waals surface area contributed by atoms with Gasteiger partial charge in [0.15, 0.2) is 5.82 Å². The number of nitrogen functional groups attached to an aromatic ring is 1. The molecule has 2 aromatic rings. The van der Waals surface area contributed by atoms with E-state index in [0.29, 0.717) is 6.42 Å². The van der Waals surface area contributed by atoms with E-state index in [-0.39, 0.29) is 17.3 Å². The summed E-state index contributed by atoms with van der Waals surface area (Å²) >= 11 is 5.71. The SMILES string of the molecule is Cn1nccc1CCNS(=O)(=O)c1cc(Cl)cc(N)c1F. The monoisotopic (exact) mass is 332 g/mol. The minimum absolute atomic E-state index is 0.0564. The van der Waals surface area contributed by atoms with Gasteiger partial charge in [-0.1, -0.05) is 11.6 Å². The standard InChI is InChI=1S/C12H14ClFN4O2S/c1-18-9(2-4-16-18)3-5-17-21(19,20)11-7-8(13)6-10(15)12(11)14/h2,4,6-7,17H,3,5,15H2,1H3. The maximum atomic E-state index is 13.8. The van der Waals surface area contributed by atoms with Crippen molar-refractivity contribution in [2.24, 2.45) is 7.05 Å². The van der Waals surface area contributed by atoms with Gasteiger partial charge in [0.25, 0.3) is 0 Å². The average molecular weight is 333 g/mol. The number of aromatic nitrogens is 2. The van der Waals surface area contributed by atoms with Crippen LogP contribution in [0.25, 0.3) is 0 Å². The molecule has 0 aliphatic carbocycles. The second-order valence-electron chi connectivity index (χ2n) is 4.40. The molecule has 0 spiro atoms. The zero-order chi connectivity index (χ0) is 15.6. The van der Waals surface area contributed by atoms with Crippen molar-refractivity contribution in [1.29, 1.82) is 0 Å². The number of nitrogens with one attached hydrogen (secondary N) is 1. The fourth-order valence-corrected chi connectivity index (χ4v) is 3.27. The van der Waals surface area contributed by atoms with Gasteiger partial charge in [-0.2, -0.15) is 5.10 Å². The Morgan fingerprint density at radius 1 is 1.48 bits per heavy atom. The van der Waals surface area contributed by atoms with E-state index < -0.39 is 20.7 Å². The summed E-state index contributed by atoms with van der Waals surface area (Å²) in [6.07, 6.45) is 2.04. The predicted octanol–water partition coefficient (Wildman–Crippen LogP) is 1.32. The lowest BCUT2D eigenvalue weighted by Gasteiger charge is -2.09. The summed E-state index contributed by atoms with van der Waals surface area (Å²) in [5.41, 5.74) is 5.92. The van der Waals surface area contributed by atoms with Crippen LogP contribution in [0.15, 0.2) is 29.3 Å². The maximum Gasteiger partial charge on any atom is 0.243 e. The fourth-order valence-electron chi connectivity index (χ4n) is 1.82. The Hall–Kier alpha value is -1.64. The first-order chi connectivity index (χ1) is 9.81. The lowest BCUT2D eigenvalue weighted by molar-refractivity contribution is 0.558. The number of anilines is 1. The molecule has 6 nitrogen and oxygen atoms in total. The van der Waals surface area contributed by atoms with Crippen LogP contribution in [-0.4, -0.2) is 24.7 Å². The molecule has 2 rings (SSSR count). The molecule has 0 aliphatic rings. The highest BCUT2D eigenvalue weighted by molar-refractivity contribution is 7.89. The van der Waals surface area contributed by atoms with Gasteiger partial charge < -0.3 is 5.73 Å². The van der Waals surface area contributed by atoms with Gasteiger partial charge in [-0.25, -0.2) is 17.5 Å². The lowest BCUT2D eigenvalue weighted by Crippen LogP contribution is -2.27. The minimum atomic E-state index is -4.02. The minimum Gasteiger partial charge on any atom is -0.396 e. The Morgan fingerprint density at radius 2 is 2.19 bits per heavy atom. The van der Waals surface area contributed by atoms with Crippen molar-refractivity contribution < 1.29 is 12.8 Å². The number of sulfonamides is 1. The van der Waals surface area contributed by atoms with Crippen LogP contribution in [0.3, 0.4) is 0 Å². The van der Waals surface area contributed by atoms with Gasteiger partial charge in [-0.15, -0.1) is 0 Å². The van der Waals surface area contributed by atoms with E-state index in [4.69, 9.17) is 17.3 Å². The Kier molecular flexibility index (Phi) is 4.50. The third kappa shape index (κ3) is 3.52. The Morgan fingerprint density at radius 3 is 2.81 bits per heavy atom. The number of hydrogen-bond donors (Lipinski definition) is 2. The van der Waals surface area contributed by atoms with Crippen molar-refractivity contribution >= 4 is 27.3 Å². The second kappa shape index (κ2) is 6.00. The van der Waals surface area contributed by atoms with Gasteiger partial charge in [-0.3, -0.25) is 4.68 Å². The van der Waals surface area contributed by atoms with Crippen LogP contribution >= 0.6 is 11.6 Å². The third-order valence-electron chi connectivity index (χ3n) is 2.92. The van der Waals surface area contributed by atoms with Gasteiger partial charge in [0, 0.05) is 36.9 Å². The number of nitrogens with zero attached hydrogens (tertiary/aromatic N) is 2. The number of benzene rings is 1. The van der Waals surface area contributed by atoms with Crippen LogP contribution in [0.2, 0.25) is 5.02 Å². The molecule has 0 saturated carbocycles. The second-order valence-corrected chi connectivity index (χ2v) is 6.57. The van der Waals surface area contributed by atoms with E-state index >= 15 is 0 Å². The van der Waals surface area contributed by atoms with Crippen molar-refractivity contribution in [2.75, 3.05) is 12.3 Å². The number of rotatable bonds is 5. The first kappa shape index (κ1) is 15.7. The molecule has 0 radical (unpaired) electrons. The molecule has 0 atom stereocenters. The van der Waals surface area contributed by atoms with Crippen molar-refractivity contribution in [2.45, 2.75) is 11.3 Å². The normalized spacial score (nSPS) is 11.8. The van der Waals surface area contributed by atoms with Crippen LogP contribution in [0, 0.1) is 5.82 Å². The van der Waals surface area contributed by atoms with Gasteiger partial charge in [0.1, 0.15) is 4.90 Å². The first-order valence-corrected chi connectivity index (χ1v) is 7.88. The van der Waals surface area contributed by atoms with Crippen LogP contribution in [0.5, 0.6) is 0 Å². The highest BCUT2D eigenvalue weighted by atomic mass is 35.5.